The number of hydrogen-bond donors (Lipinski definition) is 3. The first-order valence-electron chi connectivity index (χ1n) is 4.16. The molecule has 0 aliphatic carbocycles. The van der Waals surface area contributed by atoms with Crippen LogP contribution < -0.4 is 16.4 Å². The minimum Gasteiger partial charge on any atom is -0.365 e. The number of benzene rings is 1. The molecule has 0 fully saturated rings. The van der Waals surface area contributed by atoms with Crippen molar-refractivity contribution in [3.63, 3.8) is 0 Å². The van der Waals surface area contributed by atoms with E-state index < -0.39 is 6.03 Å². The lowest BCUT2D eigenvalue weighted by Crippen LogP contribution is -2.42. The number of fused-ring (bicyclic) bond motifs is 1. The summed E-state index contributed by atoms with van der Waals surface area (Å²) in [5, 5.41) is 5.77. The molecule has 0 radical (unpaired) electrons. The number of para-hydroxylation sites is 1. The second-order valence-corrected chi connectivity index (χ2v) is 3.07. The van der Waals surface area contributed by atoms with E-state index in [1.807, 2.05) is 24.3 Å². The van der Waals surface area contributed by atoms with Crippen LogP contribution in [-0.2, 0) is 6.42 Å². The minimum absolute atomic E-state index is 0.0603. The molecular weight excluding hydrogens is 166 g/mol. The van der Waals surface area contributed by atoms with E-state index in [1.54, 1.807) is 0 Å². The first-order chi connectivity index (χ1) is 6.25. The molecule has 2 rings (SSSR count). The van der Waals surface area contributed by atoms with Crippen molar-refractivity contribution >= 4 is 11.7 Å². The summed E-state index contributed by atoms with van der Waals surface area (Å²) in [5.41, 5.74) is 7.30. The second kappa shape index (κ2) is 2.97. The van der Waals surface area contributed by atoms with Gasteiger partial charge in [0.2, 0.25) is 0 Å². The van der Waals surface area contributed by atoms with E-state index in [0.29, 0.717) is 0 Å². The zero-order chi connectivity index (χ0) is 9.26. The molecule has 0 aromatic heterocycles. The van der Waals surface area contributed by atoms with Crippen LogP contribution in [0.15, 0.2) is 24.3 Å². The molecule has 1 aliphatic rings. The minimum atomic E-state index is -0.495. The lowest BCUT2D eigenvalue weighted by Gasteiger charge is -2.10. The third-order valence-corrected chi connectivity index (χ3v) is 2.09. The molecule has 4 N–H and O–H groups in total. The van der Waals surface area contributed by atoms with E-state index in [-0.39, 0.29) is 6.17 Å². The maximum Gasteiger partial charge on any atom is 0.313 e. The smallest absolute Gasteiger partial charge is 0.313 e. The van der Waals surface area contributed by atoms with Gasteiger partial charge in [-0.25, -0.2) is 4.79 Å². The molecule has 4 nitrogen and oxygen atoms in total. The zero-order valence-corrected chi connectivity index (χ0v) is 7.08. The highest BCUT2D eigenvalue weighted by molar-refractivity contribution is 5.73. The van der Waals surface area contributed by atoms with Crippen molar-refractivity contribution in [1.82, 2.24) is 5.32 Å². The van der Waals surface area contributed by atoms with Crippen LogP contribution in [0, 0.1) is 0 Å². The van der Waals surface area contributed by atoms with Crippen LogP contribution in [0.3, 0.4) is 0 Å². The summed E-state index contributed by atoms with van der Waals surface area (Å²) in [6.07, 6.45) is 0.731. The predicted molar refractivity (Wildman–Crippen MR) is 50.3 cm³/mol. The first-order valence-corrected chi connectivity index (χ1v) is 4.16. The molecule has 2 amide bonds. The number of carbonyl (C=O) groups is 1. The first kappa shape index (κ1) is 7.91. The van der Waals surface area contributed by atoms with Crippen molar-refractivity contribution < 1.29 is 4.79 Å². The molecule has 13 heavy (non-hydrogen) atoms. The fourth-order valence-corrected chi connectivity index (χ4v) is 1.56. The number of urea groups is 1. The summed E-state index contributed by atoms with van der Waals surface area (Å²) in [7, 11) is 0. The third-order valence-electron chi connectivity index (χ3n) is 2.09. The molecule has 1 atom stereocenters. The topological polar surface area (TPSA) is 67.2 Å². The van der Waals surface area contributed by atoms with Crippen molar-refractivity contribution in [3.05, 3.63) is 29.8 Å². The van der Waals surface area contributed by atoms with Gasteiger partial charge in [0.25, 0.3) is 0 Å². The van der Waals surface area contributed by atoms with Gasteiger partial charge in [0.15, 0.2) is 0 Å². The van der Waals surface area contributed by atoms with E-state index in [4.69, 9.17) is 5.73 Å². The van der Waals surface area contributed by atoms with Gasteiger partial charge in [-0.15, -0.1) is 0 Å². The van der Waals surface area contributed by atoms with Gasteiger partial charge in [-0.3, -0.25) is 0 Å². The lowest BCUT2D eigenvalue weighted by molar-refractivity contribution is 0.246. The van der Waals surface area contributed by atoms with Gasteiger partial charge in [0.1, 0.15) is 6.17 Å². The van der Waals surface area contributed by atoms with Crippen molar-refractivity contribution in [1.29, 1.82) is 0 Å². The van der Waals surface area contributed by atoms with Crippen LogP contribution >= 0.6 is 0 Å². The largest absolute Gasteiger partial charge is 0.365 e. The normalized spacial score (nSPS) is 18.9. The summed E-state index contributed by atoms with van der Waals surface area (Å²) >= 11 is 0. The third kappa shape index (κ3) is 1.56. The van der Waals surface area contributed by atoms with E-state index in [1.165, 1.54) is 5.56 Å². The lowest BCUT2D eigenvalue weighted by atomic mass is 10.1. The highest BCUT2D eigenvalue weighted by Gasteiger charge is 2.19. The van der Waals surface area contributed by atoms with Crippen LogP contribution in [0.4, 0.5) is 10.5 Å². The van der Waals surface area contributed by atoms with Gasteiger partial charge in [-0.1, -0.05) is 18.2 Å². The molecule has 1 unspecified atom stereocenters. The standard InChI is InChI=1S/C9H11N3O/c10-9(13)12-8-5-6-3-1-2-4-7(6)11-8/h1-4,8,11H,5H2,(H3,10,12,13). The Morgan fingerprint density at radius 1 is 1.54 bits per heavy atom. The average Bonchev–Trinajstić information content (AvgIpc) is 2.44. The number of hydrogen-bond acceptors (Lipinski definition) is 2. The zero-order valence-electron chi connectivity index (χ0n) is 7.08. The van der Waals surface area contributed by atoms with Crippen LogP contribution in [0.2, 0.25) is 0 Å². The molecule has 0 saturated heterocycles. The summed E-state index contributed by atoms with van der Waals surface area (Å²) in [6, 6.07) is 7.46. The molecule has 1 heterocycles. The van der Waals surface area contributed by atoms with Gasteiger partial charge in [0, 0.05) is 12.1 Å². The van der Waals surface area contributed by atoms with Crippen LogP contribution in [0.25, 0.3) is 0 Å². The Morgan fingerprint density at radius 2 is 2.31 bits per heavy atom. The van der Waals surface area contributed by atoms with Crippen molar-refractivity contribution in [2.24, 2.45) is 5.73 Å². The molecule has 0 bridgehead atoms. The Labute approximate surface area is 76.1 Å². The summed E-state index contributed by atoms with van der Waals surface area (Å²) in [4.78, 5) is 10.6. The molecule has 1 aromatic carbocycles. The molecular formula is C9H11N3O. The average molecular weight is 177 g/mol. The van der Waals surface area contributed by atoms with Crippen molar-refractivity contribution in [2.45, 2.75) is 12.6 Å². The monoisotopic (exact) mass is 177 g/mol. The maximum absolute atomic E-state index is 10.6. The number of rotatable bonds is 1. The van der Waals surface area contributed by atoms with E-state index in [0.717, 1.165) is 12.1 Å². The molecule has 68 valence electrons. The Hall–Kier alpha value is -1.71. The van der Waals surface area contributed by atoms with Gasteiger partial charge >= 0.3 is 6.03 Å². The number of anilines is 1. The van der Waals surface area contributed by atoms with Crippen molar-refractivity contribution in [2.75, 3.05) is 5.32 Å². The fourth-order valence-electron chi connectivity index (χ4n) is 1.56. The van der Waals surface area contributed by atoms with E-state index in [2.05, 4.69) is 10.6 Å². The second-order valence-electron chi connectivity index (χ2n) is 3.07. The van der Waals surface area contributed by atoms with E-state index in [9.17, 15) is 4.79 Å². The Bertz CT molecular complexity index is 312. The predicted octanol–water partition coefficient (Wildman–Crippen LogP) is 0.649. The fraction of sp³-hybridized carbons (Fsp3) is 0.222. The Kier molecular flexibility index (Phi) is 1.81. The van der Waals surface area contributed by atoms with Crippen LogP contribution in [-0.4, -0.2) is 12.2 Å². The summed E-state index contributed by atoms with van der Waals surface area (Å²) in [6.45, 7) is 0. The molecule has 4 heteroatoms. The number of nitrogens with two attached hydrogens (primary N) is 1. The number of primary amides is 1. The van der Waals surface area contributed by atoms with Gasteiger partial charge in [-0.2, -0.15) is 0 Å². The molecule has 0 saturated carbocycles. The van der Waals surface area contributed by atoms with Gasteiger partial charge < -0.3 is 16.4 Å². The summed E-state index contributed by atoms with van der Waals surface area (Å²) < 4.78 is 0. The quantitative estimate of drug-likeness (QED) is 0.589. The van der Waals surface area contributed by atoms with Gasteiger partial charge in [0.05, 0.1) is 0 Å². The number of carbonyl (C=O) groups excluding carboxylic acids is 1. The number of amides is 2. The number of nitrogens with one attached hydrogen (secondary N) is 2. The van der Waals surface area contributed by atoms with E-state index >= 15 is 0 Å². The SMILES string of the molecule is NC(=O)NC1Cc2ccccc2N1. The molecule has 1 aromatic rings. The summed E-state index contributed by atoms with van der Waals surface area (Å²) in [5.74, 6) is 0. The highest BCUT2D eigenvalue weighted by atomic mass is 16.2. The molecule has 1 aliphatic heterocycles. The van der Waals surface area contributed by atoms with Crippen molar-refractivity contribution in [3.8, 4) is 0 Å². The Morgan fingerprint density at radius 3 is 3.00 bits per heavy atom. The highest BCUT2D eigenvalue weighted by Crippen LogP contribution is 2.23. The van der Waals surface area contributed by atoms with Gasteiger partial charge in [-0.05, 0) is 11.6 Å². The molecule has 0 spiro atoms. The maximum atomic E-state index is 10.6. The van der Waals surface area contributed by atoms with Crippen LogP contribution in [0.1, 0.15) is 5.56 Å². The van der Waals surface area contributed by atoms with Crippen LogP contribution in [0.5, 0.6) is 0 Å². The Balaban J connectivity index is 2.09.